The lowest BCUT2D eigenvalue weighted by Crippen LogP contribution is -2.52. The van der Waals surface area contributed by atoms with E-state index in [1.165, 1.54) is 16.4 Å². The third-order valence-corrected chi connectivity index (χ3v) is 5.80. The molecule has 9 heteroatoms. The van der Waals surface area contributed by atoms with Crippen LogP contribution in [0.2, 0.25) is 0 Å². The van der Waals surface area contributed by atoms with Gasteiger partial charge in [0.2, 0.25) is 15.9 Å². The van der Waals surface area contributed by atoms with Gasteiger partial charge in [-0.25, -0.2) is 13.2 Å². The summed E-state index contributed by atoms with van der Waals surface area (Å²) < 4.78 is 31.7. The second-order valence-corrected chi connectivity index (χ2v) is 7.57. The normalized spacial score (nSPS) is 18.6. The molecule has 8 nitrogen and oxygen atoms in total. The fourth-order valence-corrected chi connectivity index (χ4v) is 4.38. The number of benzene rings is 1. The molecule has 25 heavy (non-hydrogen) atoms. The van der Waals surface area contributed by atoms with Gasteiger partial charge in [0.25, 0.3) is 0 Å². The van der Waals surface area contributed by atoms with Crippen molar-refractivity contribution in [1.29, 1.82) is 0 Å². The van der Waals surface area contributed by atoms with E-state index in [0.717, 1.165) is 6.42 Å². The summed E-state index contributed by atoms with van der Waals surface area (Å²) in [6.07, 6.45) is 1.93. The molecule has 1 atom stereocenters. The summed E-state index contributed by atoms with van der Waals surface area (Å²) >= 11 is 0. The zero-order chi connectivity index (χ0) is 18.3. The molecule has 1 aliphatic heterocycles. The Kier molecular flexibility index (Phi) is 6.91. The number of hydrogen-bond donors (Lipinski definition) is 2. The largest absolute Gasteiger partial charge is 0.480 e. The van der Waals surface area contributed by atoms with Gasteiger partial charge < -0.3 is 15.2 Å². The summed E-state index contributed by atoms with van der Waals surface area (Å²) in [5, 5.41) is 11.1. The maximum atomic E-state index is 12.8. The minimum Gasteiger partial charge on any atom is -0.480 e. The van der Waals surface area contributed by atoms with Crippen LogP contribution in [0.15, 0.2) is 35.2 Å². The minimum atomic E-state index is -3.74. The second-order valence-electron chi connectivity index (χ2n) is 5.68. The lowest BCUT2D eigenvalue weighted by atomic mass is 10.0. The highest BCUT2D eigenvalue weighted by atomic mass is 32.2. The van der Waals surface area contributed by atoms with Crippen molar-refractivity contribution in [3.63, 3.8) is 0 Å². The molecule has 2 rings (SSSR count). The monoisotopic (exact) mass is 370 g/mol. The van der Waals surface area contributed by atoms with Crippen molar-refractivity contribution < 1.29 is 27.9 Å². The fourth-order valence-electron chi connectivity index (χ4n) is 2.71. The topological polar surface area (TPSA) is 113 Å². The summed E-state index contributed by atoms with van der Waals surface area (Å²) in [7, 11) is -3.74. The van der Waals surface area contributed by atoms with Crippen LogP contribution in [0.3, 0.4) is 0 Å². The zero-order valence-electron chi connectivity index (χ0n) is 13.8. The Morgan fingerprint density at radius 2 is 1.96 bits per heavy atom. The molecule has 1 saturated heterocycles. The molecular formula is C16H22N2O6S. The van der Waals surface area contributed by atoms with Gasteiger partial charge in [0, 0.05) is 13.1 Å². The molecular weight excluding hydrogens is 348 g/mol. The number of hydrogen-bond acceptors (Lipinski definition) is 5. The van der Waals surface area contributed by atoms with Gasteiger partial charge in [0.05, 0.1) is 11.5 Å². The first-order valence-electron chi connectivity index (χ1n) is 8.07. The van der Waals surface area contributed by atoms with Crippen LogP contribution >= 0.6 is 0 Å². The molecule has 1 aromatic rings. The minimum absolute atomic E-state index is 0.0518. The van der Waals surface area contributed by atoms with E-state index in [2.05, 4.69) is 5.32 Å². The first kappa shape index (κ1) is 19.4. The average Bonchev–Trinajstić information content (AvgIpc) is 2.61. The summed E-state index contributed by atoms with van der Waals surface area (Å²) in [4.78, 5) is 22.9. The number of nitrogens with one attached hydrogen (secondary N) is 1. The molecule has 2 N–H and O–H groups in total. The van der Waals surface area contributed by atoms with Crippen molar-refractivity contribution in [2.24, 2.45) is 0 Å². The second kappa shape index (κ2) is 8.93. The van der Waals surface area contributed by atoms with Crippen LogP contribution in [0, 0.1) is 0 Å². The first-order valence-corrected chi connectivity index (χ1v) is 9.51. The maximum absolute atomic E-state index is 12.8. The van der Waals surface area contributed by atoms with Crippen LogP contribution in [0.4, 0.5) is 0 Å². The quantitative estimate of drug-likeness (QED) is 0.642. The van der Waals surface area contributed by atoms with E-state index < -0.39 is 34.5 Å². The first-order chi connectivity index (χ1) is 11.9. The highest BCUT2D eigenvalue weighted by molar-refractivity contribution is 7.89. The van der Waals surface area contributed by atoms with Gasteiger partial charge in [0.1, 0.15) is 12.6 Å². The lowest BCUT2D eigenvalue weighted by molar-refractivity contribution is -0.142. The van der Waals surface area contributed by atoms with Crippen molar-refractivity contribution in [2.75, 3.05) is 26.3 Å². The van der Waals surface area contributed by atoms with Gasteiger partial charge in [-0.15, -0.1) is 0 Å². The smallest absolute Gasteiger partial charge is 0.329 e. The molecule has 1 aliphatic rings. The lowest BCUT2D eigenvalue weighted by Gasteiger charge is -2.33. The molecule has 1 unspecified atom stereocenters. The van der Waals surface area contributed by atoms with E-state index in [0.29, 0.717) is 19.4 Å². The predicted molar refractivity (Wildman–Crippen MR) is 89.4 cm³/mol. The number of sulfonamides is 1. The molecule has 0 radical (unpaired) electrons. The number of nitrogens with zero attached hydrogens (tertiary/aromatic N) is 1. The number of carbonyl (C=O) groups excluding carboxylic acids is 1. The van der Waals surface area contributed by atoms with Crippen LogP contribution in [0.5, 0.6) is 0 Å². The van der Waals surface area contributed by atoms with Gasteiger partial charge in [-0.2, -0.15) is 4.31 Å². The number of carboxylic acid groups (broad SMARTS) is 1. The molecule has 1 fully saturated rings. The Bertz CT molecular complexity index is 692. The van der Waals surface area contributed by atoms with Crippen LogP contribution < -0.4 is 5.32 Å². The third-order valence-electron chi connectivity index (χ3n) is 3.88. The standard InChI is InChI=1S/C16H22N2O6S/c19-15(20)12-24-11-9-17-16(21)14-8-4-5-10-18(14)25(22,23)13-6-2-1-3-7-13/h1-3,6-7,14H,4-5,8-12H2,(H,17,21)(H,19,20). The Morgan fingerprint density at radius 1 is 1.24 bits per heavy atom. The van der Waals surface area contributed by atoms with Crippen LogP contribution in [-0.2, 0) is 24.3 Å². The number of carbonyl (C=O) groups is 2. The molecule has 138 valence electrons. The molecule has 0 bridgehead atoms. The van der Waals surface area contributed by atoms with Gasteiger partial charge in [-0.05, 0) is 25.0 Å². The van der Waals surface area contributed by atoms with Crippen molar-refractivity contribution in [3.8, 4) is 0 Å². The van der Waals surface area contributed by atoms with Crippen LogP contribution in [0.1, 0.15) is 19.3 Å². The van der Waals surface area contributed by atoms with Crippen molar-refractivity contribution in [1.82, 2.24) is 9.62 Å². The van der Waals surface area contributed by atoms with E-state index in [1.54, 1.807) is 18.2 Å². The van der Waals surface area contributed by atoms with Gasteiger partial charge in [0.15, 0.2) is 0 Å². The van der Waals surface area contributed by atoms with E-state index in [1.807, 2.05) is 0 Å². The van der Waals surface area contributed by atoms with Gasteiger partial charge in [-0.1, -0.05) is 24.6 Å². The molecule has 1 heterocycles. The summed E-state index contributed by atoms with van der Waals surface area (Å²) in [5.74, 6) is -1.48. The Morgan fingerprint density at radius 3 is 2.64 bits per heavy atom. The number of ether oxygens (including phenoxy) is 1. The van der Waals surface area contributed by atoms with Crippen LogP contribution in [0.25, 0.3) is 0 Å². The predicted octanol–water partition coefficient (Wildman–Crippen LogP) is 0.447. The Balaban J connectivity index is 2.00. The Hall–Kier alpha value is -1.97. The SMILES string of the molecule is O=C(O)COCCNC(=O)C1CCCCN1S(=O)(=O)c1ccccc1. The molecule has 0 aromatic heterocycles. The number of amides is 1. The third kappa shape index (κ3) is 5.25. The van der Waals surface area contributed by atoms with E-state index in [-0.39, 0.29) is 18.0 Å². The maximum Gasteiger partial charge on any atom is 0.329 e. The van der Waals surface area contributed by atoms with E-state index >= 15 is 0 Å². The highest BCUT2D eigenvalue weighted by Crippen LogP contribution is 2.25. The molecule has 0 spiro atoms. The van der Waals surface area contributed by atoms with E-state index in [9.17, 15) is 18.0 Å². The van der Waals surface area contributed by atoms with Crippen LogP contribution in [-0.4, -0.2) is 62.1 Å². The number of carboxylic acids is 1. The molecule has 0 saturated carbocycles. The summed E-state index contributed by atoms with van der Waals surface area (Å²) in [5.41, 5.74) is 0. The van der Waals surface area contributed by atoms with Gasteiger partial charge in [-0.3, -0.25) is 4.79 Å². The average molecular weight is 370 g/mol. The highest BCUT2D eigenvalue weighted by Gasteiger charge is 2.37. The summed E-state index contributed by atoms with van der Waals surface area (Å²) in [6.45, 7) is 0.0384. The zero-order valence-corrected chi connectivity index (χ0v) is 14.6. The molecule has 1 aromatic carbocycles. The number of aliphatic carboxylic acids is 1. The summed E-state index contributed by atoms with van der Waals surface area (Å²) in [6, 6.07) is 7.28. The molecule has 0 aliphatic carbocycles. The van der Waals surface area contributed by atoms with Crippen molar-refractivity contribution in [2.45, 2.75) is 30.2 Å². The van der Waals surface area contributed by atoms with E-state index in [4.69, 9.17) is 9.84 Å². The fraction of sp³-hybridized carbons (Fsp3) is 0.500. The molecule has 1 amide bonds. The Labute approximate surface area is 146 Å². The van der Waals surface area contributed by atoms with Crippen molar-refractivity contribution in [3.05, 3.63) is 30.3 Å². The van der Waals surface area contributed by atoms with Crippen molar-refractivity contribution >= 4 is 21.9 Å². The number of rotatable bonds is 8. The van der Waals surface area contributed by atoms with Gasteiger partial charge >= 0.3 is 5.97 Å². The number of piperidine rings is 1.